The minimum absolute atomic E-state index is 0.00567. The predicted octanol–water partition coefficient (Wildman–Crippen LogP) is 3.94. The summed E-state index contributed by atoms with van der Waals surface area (Å²) in [6, 6.07) is 12.2. The molecule has 2 aromatic heterocycles. The van der Waals surface area contributed by atoms with Crippen LogP contribution in [0.2, 0.25) is 0 Å². The molecule has 3 heterocycles. The van der Waals surface area contributed by atoms with E-state index in [1.807, 2.05) is 41.5 Å². The summed E-state index contributed by atoms with van der Waals surface area (Å²) in [5.74, 6) is 0.898. The van der Waals surface area contributed by atoms with Crippen LogP contribution in [0, 0.1) is 6.92 Å². The number of thiazole rings is 1. The average Bonchev–Trinajstić information content (AvgIpc) is 3.36. The summed E-state index contributed by atoms with van der Waals surface area (Å²) in [4.78, 5) is 19.4. The van der Waals surface area contributed by atoms with Gasteiger partial charge in [-0.05, 0) is 25.3 Å². The molecule has 6 heteroatoms. The number of hydrogen-bond acceptors (Lipinski definition) is 5. The van der Waals surface area contributed by atoms with E-state index < -0.39 is 0 Å². The van der Waals surface area contributed by atoms with Crippen LogP contribution in [0.15, 0.2) is 46.3 Å². The molecule has 1 aliphatic rings. The molecule has 5 nitrogen and oxygen atoms in total. The zero-order valence-electron chi connectivity index (χ0n) is 14.7. The van der Waals surface area contributed by atoms with Crippen LogP contribution in [0.1, 0.15) is 46.6 Å². The standard InChI is InChI=1S/C20H21N3O2S/c1-14-10-18(25-22-14)17-8-5-9-23(17)20(24)12-16-13-26-19(21-16)11-15-6-3-2-4-7-15/h2-4,6-7,10,13,17H,5,8-9,11-12H2,1H3/t17-/m1/s1. The molecular formula is C20H21N3O2S. The third-order valence-electron chi connectivity index (χ3n) is 4.68. The van der Waals surface area contributed by atoms with Gasteiger partial charge in [0.2, 0.25) is 5.91 Å². The number of aryl methyl sites for hydroxylation is 1. The first-order valence-corrected chi connectivity index (χ1v) is 9.77. The number of carbonyl (C=O) groups is 1. The molecule has 1 amide bonds. The molecule has 1 aromatic carbocycles. The molecule has 1 saturated heterocycles. The Morgan fingerprint density at radius 3 is 2.96 bits per heavy atom. The van der Waals surface area contributed by atoms with Crippen LogP contribution in [0.3, 0.4) is 0 Å². The van der Waals surface area contributed by atoms with E-state index in [9.17, 15) is 4.79 Å². The SMILES string of the molecule is Cc1cc([C@H]2CCCN2C(=O)Cc2csc(Cc3ccccc3)n2)on1. The third kappa shape index (κ3) is 3.70. The monoisotopic (exact) mass is 367 g/mol. The summed E-state index contributed by atoms with van der Waals surface area (Å²) in [6.45, 7) is 2.67. The fourth-order valence-corrected chi connectivity index (χ4v) is 4.27. The lowest BCUT2D eigenvalue weighted by molar-refractivity contribution is -0.131. The molecule has 134 valence electrons. The van der Waals surface area contributed by atoms with E-state index in [1.54, 1.807) is 11.3 Å². The fraction of sp³-hybridized carbons (Fsp3) is 0.350. The second-order valence-electron chi connectivity index (χ2n) is 6.69. The van der Waals surface area contributed by atoms with Crippen LogP contribution in [0.5, 0.6) is 0 Å². The van der Waals surface area contributed by atoms with Gasteiger partial charge in [-0.3, -0.25) is 4.79 Å². The molecule has 0 unspecified atom stereocenters. The summed E-state index contributed by atoms with van der Waals surface area (Å²) in [7, 11) is 0. The number of aromatic nitrogens is 2. The van der Waals surface area contributed by atoms with Crippen molar-refractivity contribution in [1.82, 2.24) is 15.0 Å². The predicted molar refractivity (Wildman–Crippen MR) is 100.0 cm³/mol. The van der Waals surface area contributed by atoms with Crippen LogP contribution in [-0.4, -0.2) is 27.5 Å². The maximum absolute atomic E-state index is 12.8. The topological polar surface area (TPSA) is 59.2 Å². The van der Waals surface area contributed by atoms with E-state index >= 15 is 0 Å². The van der Waals surface area contributed by atoms with E-state index in [2.05, 4.69) is 22.3 Å². The van der Waals surface area contributed by atoms with Crippen LogP contribution >= 0.6 is 11.3 Å². The highest BCUT2D eigenvalue weighted by Crippen LogP contribution is 2.32. The Balaban J connectivity index is 1.41. The van der Waals surface area contributed by atoms with Crippen LogP contribution < -0.4 is 0 Å². The molecule has 0 spiro atoms. The van der Waals surface area contributed by atoms with E-state index in [0.29, 0.717) is 6.42 Å². The Morgan fingerprint density at radius 2 is 2.19 bits per heavy atom. The van der Waals surface area contributed by atoms with Crippen molar-refractivity contribution in [1.29, 1.82) is 0 Å². The van der Waals surface area contributed by atoms with Gasteiger partial charge < -0.3 is 9.42 Å². The highest BCUT2D eigenvalue weighted by Gasteiger charge is 2.32. The Kier molecular flexibility index (Phi) is 4.84. The Hall–Kier alpha value is -2.47. The number of benzene rings is 1. The smallest absolute Gasteiger partial charge is 0.229 e. The second kappa shape index (κ2) is 7.41. The highest BCUT2D eigenvalue weighted by atomic mass is 32.1. The number of amides is 1. The van der Waals surface area contributed by atoms with Gasteiger partial charge >= 0.3 is 0 Å². The number of carbonyl (C=O) groups excluding carboxylic acids is 1. The maximum Gasteiger partial charge on any atom is 0.229 e. The van der Waals surface area contributed by atoms with Crippen molar-refractivity contribution in [3.05, 3.63) is 69.5 Å². The van der Waals surface area contributed by atoms with Gasteiger partial charge in [0.25, 0.3) is 0 Å². The average molecular weight is 367 g/mol. The second-order valence-corrected chi connectivity index (χ2v) is 7.63. The largest absolute Gasteiger partial charge is 0.359 e. The maximum atomic E-state index is 12.8. The van der Waals surface area contributed by atoms with Gasteiger partial charge in [0, 0.05) is 24.4 Å². The van der Waals surface area contributed by atoms with Crippen molar-refractivity contribution in [2.24, 2.45) is 0 Å². The van der Waals surface area contributed by atoms with Crippen molar-refractivity contribution in [2.45, 2.75) is 38.6 Å². The Bertz CT molecular complexity index is 887. The molecule has 0 radical (unpaired) electrons. The van der Waals surface area contributed by atoms with Crippen molar-refractivity contribution in [3.8, 4) is 0 Å². The summed E-state index contributed by atoms with van der Waals surface area (Å²) in [5, 5.41) is 7.00. The van der Waals surface area contributed by atoms with Gasteiger partial charge in [-0.15, -0.1) is 11.3 Å². The van der Waals surface area contributed by atoms with Crippen molar-refractivity contribution < 1.29 is 9.32 Å². The number of rotatable bonds is 5. The van der Waals surface area contributed by atoms with Gasteiger partial charge in [-0.25, -0.2) is 4.98 Å². The lowest BCUT2D eigenvalue weighted by Crippen LogP contribution is -2.31. The molecule has 0 bridgehead atoms. The van der Waals surface area contributed by atoms with Gasteiger partial charge in [0.05, 0.1) is 28.9 Å². The number of hydrogen-bond donors (Lipinski definition) is 0. The highest BCUT2D eigenvalue weighted by molar-refractivity contribution is 7.09. The van der Waals surface area contributed by atoms with Crippen molar-refractivity contribution >= 4 is 17.2 Å². The van der Waals surface area contributed by atoms with E-state index in [0.717, 1.165) is 48.0 Å². The van der Waals surface area contributed by atoms with Crippen molar-refractivity contribution in [2.75, 3.05) is 6.54 Å². The molecule has 26 heavy (non-hydrogen) atoms. The molecule has 0 N–H and O–H groups in total. The molecule has 0 saturated carbocycles. The summed E-state index contributed by atoms with van der Waals surface area (Å²) in [6.07, 6.45) is 3.07. The van der Waals surface area contributed by atoms with E-state index in [4.69, 9.17) is 4.52 Å². The summed E-state index contributed by atoms with van der Waals surface area (Å²) in [5.41, 5.74) is 2.94. The van der Waals surface area contributed by atoms with E-state index in [-0.39, 0.29) is 11.9 Å². The Morgan fingerprint density at radius 1 is 1.35 bits per heavy atom. The Labute approximate surface area is 156 Å². The minimum atomic E-state index is 0.00567. The lowest BCUT2D eigenvalue weighted by Gasteiger charge is -2.22. The molecular weight excluding hydrogens is 346 g/mol. The molecule has 1 fully saturated rings. The van der Waals surface area contributed by atoms with Gasteiger partial charge in [0.15, 0.2) is 5.76 Å². The molecule has 3 aromatic rings. The van der Waals surface area contributed by atoms with Gasteiger partial charge in [-0.1, -0.05) is 35.5 Å². The molecule has 1 atom stereocenters. The van der Waals surface area contributed by atoms with Crippen molar-refractivity contribution in [3.63, 3.8) is 0 Å². The zero-order valence-corrected chi connectivity index (χ0v) is 15.5. The van der Waals surface area contributed by atoms with Gasteiger partial charge in [0.1, 0.15) is 0 Å². The normalized spacial score (nSPS) is 17.0. The van der Waals surface area contributed by atoms with Crippen LogP contribution in [-0.2, 0) is 17.6 Å². The summed E-state index contributed by atoms with van der Waals surface area (Å²) >= 11 is 1.62. The first-order chi connectivity index (χ1) is 12.7. The first kappa shape index (κ1) is 17.0. The molecule has 4 rings (SSSR count). The first-order valence-electron chi connectivity index (χ1n) is 8.89. The minimum Gasteiger partial charge on any atom is -0.359 e. The zero-order chi connectivity index (χ0) is 17.9. The third-order valence-corrected chi connectivity index (χ3v) is 5.58. The number of nitrogens with zero attached hydrogens (tertiary/aromatic N) is 3. The van der Waals surface area contributed by atoms with E-state index in [1.165, 1.54) is 5.56 Å². The molecule has 1 aliphatic heterocycles. The van der Waals surface area contributed by atoms with Gasteiger partial charge in [-0.2, -0.15) is 0 Å². The van der Waals surface area contributed by atoms with Crippen LogP contribution in [0.4, 0.5) is 0 Å². The lowest BCUT2D eigenvalue weighted by atomic mass is 10.1. The fourth-order valence-electron chi connectivity index (χ4n) is 3.44. The quantitative estimate of drug-likeness (QED) is 0.685. The summed E-state index contributed by atoms with van der Waals surface area (Å²) < 4.78 is 5.39. The number of likely N-dealkylation sites (tertiary alicyclic amines) is 1. The van der Waals surface area contributed by atoms with Crippen LogP contribution in [0.25, 0.3) is 0 Å². The molecule has 0 aliphatic carbocycles.